The van der Waals surface area contributed by atoms with Crippen LogP contribution in [-0.4, -0.2) is 55.4 Å². The van der Waals surface area contributed by atoms with E-state index in [1.54, 1.807) is 54.6 Å². The number of halogens is 6. The number of benzene rings is 3. The maximum atomic E-state index is 10.7. The highest BCUT2D eigenvalue weighted by Crippen LogP contribution is 2.26. The largest absolute Gasteiger partial charge is 0.481 e. The molecule has 11 nitrogen and oxygen atoms in total. The van der Waals surface area contributed by atoms with Crippen LogP contribution in [0.2, 0.25) is 30.1 Å². The van der Waals surface area contributed by atoms with Crippen LogP contribution in [0.25, 0.3) is 0 Å². The predicted molar refractivity (Wildman–Crippen MR) is 200 cm³/mol. The number of carbonyl (C=O) groups is 2. The molecule has 3 aromatic rings. The SMILES string of the molecule is CON=C(CCC#N)c1ccc(Cl)c(Cl)c1.CON=C(CCC(=O)O)c1ccc(Cl)c(Cl)c1.CON=C(CCC(N)=O)c1ccc(Cl)c(Cl)c1. The molecule has 0 aliphatic heterocycles. The maximum absolute atomic E-state index is 10.7. The normalized spacial score (nSPS) is 11.2. The topological polar surface area (TPSA) is 169 Å². The summed E-state index contributed by atoms with van der Waals surface area (Å²) in [6, 6.07) is 17.3. The fraction of sp³-hybridized carbons (Fsp3) is 0.273. The summed E-state index contributed by atoms with van der Waals surface area (Å²) in [7, 11) is 4.30. The highest BCUT2D eigenvalue weighted by molar-refractivity contribution is 6.43. The average molecular weight is 808 g/mol. The Balaban J connectivity index is 0.000000375. The third kappa shape index (κ3) is 16.8. The fourth-order valence-corrected chi connectivity index (χ4v) is 4.62. The summed E-state index contributed by atoms with van der Waals surface area (Å²) >= 11 is 35.1. The molecule has 50 heavy (non-hydrogen) atoms. The van der Waals surface area contributed by atoms with Gasteiger partial charge in [-0.3, -0.25) is 9.59 Å². The number of carboxylic acid groups (broad SMARTS) is 1. The highest BCUT2D eigenvalue weighted by atomic mass is 35.5. The van der Waals surface area contributed by atoms with Gasteiger partial charge in [-0.1, -0.05) is 103 Å². The smallest absolute Gasteiger partial charge is 0.303 e. The standard InChI is InChI=1S/C11H12Cl2N2O2.C11H10Cl2N2O.C11H11Cl2NO3/c1-17-15-10(4-5-11(14)16)7-2-3-8(12)9(13)6-7;1-16-15-11(3-2-6-14)8-4-5-9(12)10(13)7-8;1-17-14-10(4-5-11(15)16)7-2-3-8(12)9(13)6-7/h2-3,6H,4-5H2,1H3,(H2,14,16);4-5,7H,2-3H2,1H3;2-3,6H,4-5H2,1H3,(H,15,16). The van der Waals surface area contributed by atoms with Crippen LogP contribution in [-0.2, 0) is 24.1 Å². The molecule has 0 atom stereocenters. The molecule has 0 heterocycles. The lowest BCUT2D eigenvalue weighted by Crippen LogP contribution is -2.13. The van der Waals surface area contributed by atoms with Gasteiger partial charge in [-0.25, -0.2) is 0 Å². The molecule has 17 heteroatoms. The number of carboxylic acids is 1. The van der Waals surface area contributed by atoms with E-state index in [1.165, 1.54) is 21.3 Å². The highest BCUT2D eigenvalue weighted by Gasteiger charge is 2.11. The maximum Gasteiger partial charge on any atom is 0.303 e. The summed E-state index contributed by atoms with van der Waals surface area (Å²) in [5.74, 6) is -1.29. The Morgan fingerprint density at radius 1 is 0.620 bits per heavy atom. The van der Waals surface area contributed by atoms with Gasteiger partial charge in [0.25, 0.3) is 0 Å². The monoisotopic (exact) mass is 805 g/mol. The van der Waals surface area contributed by atoms with Crippen molar-refractivity contribution in [3.63, 3.8) is 0 Å². The first kappa shape index (κ1) is 44.3. The molecule has 0 spiro atoms. The number of nitriles is 1. The molecule has 0 bridgehead atoms. The number of amides is 1. The summed E-state index contributed by atoms with van der Waals surface area (Å²) in [5, 5.41) is 31.3. The Morgan fingerprint density at radius 2 is 0.960 bits per heavy atom. The number of carbonyl (C=O) groups excluding carboxylic acids is 1. The van der Waals surface area contributed by atoms with Crippen LogP contribution in [0.5, 0.6) is 0 Å². The third-order valence-corrected chi connectivity index (χ3v) is 8.24. The first-order valence-corrected chi connectivity index (χ1v) is 16.6. The fourth-order valence-electron chi connectivity index (χ4n) is 3.73. The van der Waals surface area contributed by atoms with Crippen molar-refractivity contribution in [2.24, 2.45) is 21.2 Å². The molecule has 268 valence electrons. The molecule has 1 amide bonds. The Labute approximate surface area is 320 Å². The summed E-state index contributed by atoms with van der Waals surface area (Å²) < 4.78 is 0. The molecule has 3 aromatic carbocycles. The lowest BCUT2D eigenvalue weighted by atomic mass is 10.1. The van der Waals surface area contributed by atoms with Gasteiger partial charge in [0.2, 0.25) is 5.91 Å². The number of oxime groups is 3. The number of nitrogens with zero attached hydrogens (tertiary/aromatic N) is 4. The van der Waals surface area contributed by atoms with Gasteiger partial charge >= 0.3 is 5.97 Å². The third-order valence-electron chi connectivity index (χ3n) is 6.02. The van der Waals surface area contributed by atoms with E-state index in [-0.39, 0.29) is 19.3 Å². The molecule has 0 saturated heterocycles. The van der Waals surface area contributed by atoms with Crippen LogP contribution in [0.1, 0.15) is 55.2 Å². The Morgan fingerprint density at radius 3 is 1.24 bits per heavy atom. The Hall–Kier alpha value is -3.76. The van der Waals surface area contributed by atoms with Crippen LogP contribution < -0.4 is 5.73 Å². The number of nitrogens with two attached hydrogens (primary N) is 1. The number of hydrogen-bond donors (Lipinski definition) is 2. The van der Waals surface area contributed by atoms with E-state index in [0.29, 0.717) is 72.1 Å². The van der Waals surface area contributed by atoms with Crippen LogP contribution in [0, 0.1) is 11.3 Å². The van der Waals surface area contributed by atoms with Crippen molar-refractivity contribution in [3.05, 3.63) is 101 Å². The molecule has 0 fully saturated rings. The van der Waals surface area contributed by atoms with Gasteiger partial charge in [0, 0.05) is 48.8 Å². The Kier molecular flexibility index (Phi) is 21.6. The van der Waals surface area contributed by atoms with Gasteiger partial charge in [-0.15, -0.1) is 0 Å². The minimum Gasteiger partial charge on any atom is -0.481 e. The zero-order valence-corrected chi connectivity index (χ0v) is 31.6. The summed E-state index contributed by atoms with van der Waals surface area (Å²) in [5.41, 5.74) is 9.15. The molecule has 0 aliphatic carbocycles. The molecule has 3 N–H and O–H groups in total. The van der Waals surface area contributed by atoms with E-state index < -0.39 is 11.9 Å². The van der Waals surface area contributed by atoms with Crippen molar-refractivity contribution in [1.82, 2.24) is 0 Å². The van der Waals surface area contributed by atoms with E-state index in [2.05, 4.69) is 26.4 Å². The molecule has 0 radical (unpaired) electrons. The van der Waals surface area contributed by atoms with Gasteiger partial charge < -0.3 is 25.4 Å². The molecule has 3 rings (SSSR count). The molecule has 0 aliphatic rings. The number of aliphatic carboxylic acids is 1. The summed E-state index contributed by atoms with van der Waals surface area (Å²) in [6.07, 6.45) is 1.72. The molecule has 0 unspecified atom stereocenters. The number of hydrogen-bond acceptors (Lipinski definition) is 9. The first-order chi connectivity index (χ1) is 23.8. The number of rotatable bonds is 14. The van der Waals surface area contributed by atoms with Crippen molar-refractivity contribution in [3.8, 4) is 6.07 Å². The van der Waals surface area contributed by atoms with Crippen LogP contribution >= 0.6 is 69.6 Å². The van der Waals surface area contributed by atoms with E-state index in [4.69, 9.17) is 95.4 Å². The zero-order chi connectivity index (χ0) is 37.6. The van der Waals surface area contributed by atoms with Crippen molar-refractivity contribution in [2.45, 2.75) is 38.5 Å². The minimum absolute atomic E-state index is 0.0254. The van der Waals surface area contributed by atoms with E-state index >= 15 is 0 Å². The second-order valence-electron chi connectivity index (χ2n) is 9.57. The Bertz CT molecular complexity index is 1650. The zero-order valence-electron chi connectivity index (χ0n) is 27.1. The van der Waals surface area contributed by atoms with Crippen LogP contribution in [0.3, 0.4) is 0 Å². The minimum atomic E-state index is -0.895. The van der Waals surface area contributed by atoms with Crippen molar-refractivity contribution in [1.29, 1.82) is 5.26 Å². The van der Waals surface area contributed by atoms with Gasteiger partial charge in [-0.2, -0.15) is 5.26 Å². The second kappa shape index (κ2) is 24.4. The van der Waals surface area contributed by atoms with Crippen molar-refractivity contribution in [2.75, 3.05) is 21.3 Å². The number of primary amides is 1. The van der Waals surface area contributed by atoms with Crippen LogP contribution in [0.4, 0.5) is 0 Å². The van der Waals surface area contributed by atoms with Gasteiger partial charge in [0.05, 0.1) is 59.8 Å². The molecular weight excluding hydrogens is 775 g/mol. The van der Waals surface area contributed by atoms with Crippen molar-refractivity contribution >= 4 is 98.6 Å². The van der Waals surface area contributed by atoms with Gasteiger partial charge in [0.15, 0.2) is 0 Å². The summed E-state index contributed by atoms with van der Waals surface area (Å²) in [4.78, 5) is 35.4. The molecular formula is C33H33Cl6N5O6. The quantitative estimate of drug-likeness (QED) is 0.121. The lowest BCUT2D eigenvalue weighted by Gasteiger charge is -2.06. The van der Waals surface area contributed by atoms with Crippen LogP contribution in [0.15, 0.2) is 70.1 Å². The van der Waals surface area contributed by atoms with E-state index in [9.17, 15) is 9.59 Å². The van der Waals surface area contributed by atoms with Gasteiger partial charge in [-0.05, 0) is 36.4 Å². The van der Waals surface area contributed by atoms with E-state index in [1.807, 2.05) is 0 Å². The lowest BCUT2D eigenvalue weighted by molar-refractivity contribution is -0.136. The average Bonchev–Trinajstić information content (AvgIpc) is 3.07. The molecule has 0 saturated carbocycles. The first-order valence-electron chi connectivity index (χ1n) is 14.3. The van der Waals surface area contributed by atoms with E-state index in [0.717, 1.165) is 11.1 Å². The second-order valence-corrected chi connectivity index (χ2v) is 12.0. The van der Waals surface area contributed by atoms with Gasteiger partial charge in [0.1, 0.15) is 21.3 Å². The molecule has 0 aromatic heterocycles. The summed E-state index contributed by atoms with van der Waals surface area (Å²) in [6.45, 7) is 0. The van der Waals surface area contributed by atoms with Crippen molar-refractivity contribution < 1.29 is 29.2 Å². The predicted octanol–water partition coefficient (Wildman–Crippen LogP) is 9.47.